The minimum atomic E-state index is -0.255. The van der Waals surface area contributed by atoms with Crippen molar-refractivity contribution in [3.63, 3.8) is 0 Å². The number of piperidine rings is 1. The van der Waals surface area contributed by atoms with Gasteiger partial charge in [0.25, 0.3) is 0 Å². The van der Waals surface area contributed by atoms with Gasteiger partial charge in [-0.05, 0) is 53.6 Å². The number of thioether (sulfide) groups is 1. The molecule has 0 saturated carbocycles. The van der Waals surface area contributed by atoms with E-state index in [0.29, 0.717) is 6.42 Å². The summed E-state index contributed by atoms with van der Waals surface area (Å²) in [7, 11) is 0. The van der Waals surface area contributed by atoms with Gasteiger partial charge < -0.3 is 10.2 Å². The summed E-state index contributed by atoms with van der Waals surface area (Å²) < 4.78 is 26.8. The predicted molar refractivity (Wildman–Crippen MR) is 129 cm³/mol. The number of carbonyl (C=O) groups is 1. The highest BCUT2D eigenvalue weighted by molar-refractivity contribution is 7.99. The highest BCUT2D eigenvalue weighted by atomic mass is 32.2. The lowest BCUT2D eigenvalue weighted by molar-refractivity contribution is -0.123. The summed E-state index contributed by atoms with van der Waals surface area (Å²) in [6.45, 7) is 9.14. The minimum Gasteiger partial charge on any atom is -0.353 e. The zero-order chi connectivity index (χ0) is 23.1. The lowest BCUT2D eigenvalue weighted by Gasteiger charge is -2.33. The van der Waals surface area contributed by atoms with Gasteiger partial charge in [0.15, 0.2) is 0 Å². The molecule has 0 aliphatic carbocycles. The Morgan fingerprint density at radius 1 is 1.00 bits per heavy atom. The lowest BCUT2D eigenvalue weighted by Crippen LogP contribution is -2.45. The van der Waals surface area contributed by atoms with Crippen LogP contribution in [0.4, 0.5) is 8.78 Å². The fourth-order valence-corrected chi connectivity index (χ4v) is 5.32. The lowest BCUT2D eigenvalue weighted by atomic mass is 9.91. The van der Waals surface area contributed by atoms with E-state index in [9.17, 15) is 13.6 Å². The zero-order valence-corrected chi connectivity index (χ0v) is 20.1. The largest absolute Gasteiger partial charge is 0.353 e. The Bertz CT molecular complexity index is 811. The molecule has 3 nitrogen and oxygen atoms in total. The Morgan fingerprint density at radius 2 is 1.50 bits per heavy atom. The molecule has 1 heterocycles. The van der Waals surface area contributed by atoms with Gasteiger partial charge in [0.1, 0.15) is 11.6 Å². The second-order valence-corrected chi connectivity index (χ2v) is 11.0. The van der Waals surface area contributed by atoms with Crippen LogP contribution >= 0.6 is 11.8 Å². The number of hydrogen-bond donors (Lipinski definition) is 1. The number of nitrogens with one attached hydrogen (secondary N) is 1. The molecule has 6 heteroatoms. The number of rotatable bonds is 8. The minimum absolute atomic E-state index is 0.00753. The van der Waals surface area contributed by atoms with E-state index < -0.39 is 0 Å². The van der Waals surface area contributed by atoms with Gasteiger partial charge in [0, 0.05) is 37.8 Å². The van der Waals surface area contributed by atoms with Crippen LogP contribution in [-0.4, -0.2) is 42.2 Å². The van der Waals surface area contributed by atoms with Crippen molar-refractivity contribution < 1.29 is 13.6 Å². The van der Waals surface area contributed by atoms with Crippen molar-refractivity contribution >= 4 is 17.7 Å². The van der Waals surface area contributed by atoms with Crippen LogP contribution in [0, 0.1) is 17.0 Å². The van der Waals surface area contributed by atoms with Crippen molar-refractivity contribution in [2.24, 2.45) is 5.41 Å². The molecule has 0 unspecified atom stereocenters. The highest BCUT2D eigenvalue weighted by Gasteiger charge is 2.23. The van der Waals surface area contributed by atoms with E-state index in [1.165, 1.54) is 24.3 Å². The Morgan fingerprint density at radius 3 is 1.97 bits per heavy atom. The first-order valence-corrected chi connectivity index (χ1v) is 12.4. The molecule has 32 heavy (non-hydrogen) atoms. The summed E-state index contributed by atoms with van der Waals surface area (Å²) >= 11 is 1.79. The monoisotopic (exact) mass is 460 g/mol. The average Bonchev–Trinajstić information content (AvgIpc) is 2.73. The van der Waals surface area contributed by atoms with Gasteiger partial charge in [-0.25, -0.2) is 8.78 Å². The van der Waals surface area contributed by atoms with E-state index in [2.05, 4.69) is 31.0 Å². The summed E-state index contributed by atoms with van der Waals surface area (Å²) in [4.78, 5) is 14.6. The number of nitrogens with zero attached hydrogens (tertiary/aromatic N) is 1. The van der Waals surface area contributed by atoms with Gasteiger partial charge in [-0.1, -0.05) is 45.0 Å². The first-order chi connectivity index (χ1) is 15.2. The molecular weight excluding hydrogens is 426 g/mol. The third-order valence-electron chi connectivity index (χ3n) is 5.68. The molecule has 1 N–H and O–H groups in total. The molecule has 3 rings (SSSR count). The molecule has 1 aliphatic rings. The maximum Gasteiger partial charge on any atom is 0.220 e. The standard InChI is InChI=1S/C26H34F2N2OS/c1-26(2,3)18-24(31)29-23-12-14-30(15-13-23)16-17-32-25(19-4-8-21(27)9-5-19)20-6-10-22(28)11-7-20/h4-11,23,25H,12-18H2,1-3H3,(H,29,31). The van der Waals surface area contributed by atoms with E-state index in [-0.39, 0.29) is 34.2 Å². The van der Waals surface area contributed by atoms with E-state index in [1.807, 2.05) is 24.3 Å². The Kier molecular flexibility index (Phi) is 8.72. The Balaban J connectivity index is 1.49. The fraction of sp³-hybridized carbons (Fsp3) is 0.500. The van der Waals surface area contributed by atoms with E-state index in [1.54, 1.807) is 11.8 Å². The summed E-state index contributed by atoms with van der Waals surface area (Å²) in [5.74, 6) is 0.552. The van der Waals surface area contributed by atoms with Crippen molar-refractivity contribution in [2.45, 2.75) is 51.3 Å². The van der Waals surface area contributed by atoms with E-state index >= 15 is 0 Å². The van der Waals surface area contributed by atoms with E-state index in [4.69, 9.17) is 0 Å². The molecule has 0 atom stereocenters. The van der Waals surface area contributed by atoms with Crippen LogP contribution in [0.1, 0.15) is 56.4 Å². The van der Waals surface area contributed by atoms with E-state index in [0.717, 1.165) is 49.4 Å². The fourth-order valence-electron chi connectivity index (χ4n) is 4.02. The van der Waals surface area contributed by atoms with Crippen molar-refractivity contribution in [3.05, 3.63) is 71.3 Å². The number of halogens is 2. The molecule has 174 valence electrons. The molecule has 0 aromatic heterocycles. The highest BCUT2D eigenvalue weighted by Crippen LogP contribution is 2.36. The van der Waals surface area contributed by atoms with Gasteiger partial charge >= 0.3 is 0 Å². The van der Waals surface area contributed by atoms with Crippen molar-refractivity contribution in [3.8, 4) is 0 Å². The zero-order valence-electron chi connectivity index (χ0n) is 19.2. The normalized spacial score (nSPS) is 15.8. The number of benzene rings is 2. The molecule has 0 radical (unpaired) electrons. The summed E-state index contributed by atoms with van der Waals surface area (Å²) in [5, 5.41) is 3.22. The first-order valence-electron chi connectivity index (χ1n) is 11.3. The van der Waals surface area contributed by atoms with Gasteiger partial charge in [0.05, 0.1) is 5.25 Å². The summed E-state index contributed by atoms with van der Waals surface area (Å²) in [5.41, 5.74) is 2.04. The van der Waals surface area contributed by atoms with Crippen LogP contribution in [0.5, 0.6) is 0 Å². The van der Waals surface area contributed by atoms with Crippen molar-refractivity contribution in [1.82, 2.24) is 10.2 Å². The molecule has 0 bridgehead atoms. The average molecular weight is 461 g/mol. The number of carbonyl (C=O) groups excluding carboxylic acids is 1. The maximum absolute atomic E-state index is 13.4. The Labute approximate surface area is 195 Å². The third-order valence-corrected chi connectivity index (χ3v) is 6.98. The van der Waals surface area contributed by atoms with Crippen molar-refractivity contribution in [2.75, 3.05) is 25.4 Å². The first kappa shape index (κ1) is 24.7. The van der Waals surface area contributed by atoms with Crippen LogP contribution < -0.4 is 5.32 Å². The molecule has 2 aromatic rings. The molecule has 0 spiro atoms. The molecule has 1 amide bonds. The third kappa shape index (κ3) is 7.89. The van der Waals surface area contributed by atoms with Crippen LogP contribution in [0.3, 0.4) is 0 Å². The second kappa shape index (κ2) is 11.3. The SMILES string of the molecule is CC(C)(C)CC(=O)NC1CCN(CCSC(c2ccc(F)cc2)c2ccc(F)cc2)CC1. The molecular formula is C26H34F2N2OS. The second-order valence-electron chi connectivity index (χ2n) is 9.77. The van der Waals surface area contributed by atoms with Crippen molar-refractivity contribution in [1.29, 1.82) is 0 Å². The van der Waals surface area contributed by atoms with Crippen LogP contribution in [-0.2, 0) is 4.79 Å². The van der Waals surface area contributed by atoms with Gasteiger partial charge in [0.2, 0.25) is 5.91 Å². The van der Waals surface area contributed by atoms with Crippen LogP contribution in [0.25, 0.3) is 0 Å². The van der Waals surface area contributed by atoms with Crippen LogP contribution in [0.15, 0.2) is 48.5 Å². The molecule has 1 saturated heterocycles. The quantitative estimate of drug-likeness (QED) is 0.540. The number of amides is 1. The summed E-state index contributed by atoms with van der Waals surface area (Å²) in [6.07, 6.45) is 2.50. The number of likely N-dealkylation sites (tertiary alicyclic amines) is 1. The van der Waals surface area contributed by atoms with Crippen LogP contribution in [0.2, 0.25) is 0 Å². The maximum atomic E-state index is 13.4. The molecule has 2 aromatic carbocycles. The molecule has 1 fully saturated rings. The topological polar surface area (TPSA) is 32.3 Å². The summed E-state index contributed by atoms with van der Waals surface area (Å²) in [6, 6.07) is 13.4. The van der Waals surface area contributed by atoms with Gasteiger partial charge in [-0.2, -0.15) is 0 Å². The smallest absolute Gasteiger partial charge is 0.220 e. The van der Waals surface area contributed by atoms with Gasteiger partial charge in [-0.3, -0.25) is 4.79 Å². The van der Waals surface area contributed by atoms with Gasteiger partial charge in [-0.15, -0.1) is 11.8 Å². The number of hydrogen-bond acceptors (Lipinski definition) is 3. The molecule has 1 aliphatic heterocycles. The predicted octanol–water partition coefficient (Wildman–Crippen LogP) is 5.80. The Hall–Kier alpha value is -1.92.